The fourth-order valence-electron chi connectivity index (χ4n) is 4.40. The highest BCUT2D eigenvalue weighted by Crippen LogP contribution is 2.42. The molecule has 3 aromatic rings. The molecule has 1 aliphatic heterocycles. The Labute approximate surface area is 211 Å². The lowest BCUT2D eigenvalue weighted by atomic mass is 9.83. The summed E-state index contributed by atoms with van der Waals surface area (Å²) >= 11 is 5.88. The van der Waals surface area contributed by atoms with E-state index in [1.54, 1.807) is 24.3 Å². The quantitative estimate of drug-likeness (QED) is 0.422. The third-order valence-electron chi connectivity index (χ3n) is 6.76. The minimum Gasteiger partial charge on any atom is -0.487 e. The summed E-state index contributed by atoms with van der Waals surface area (Å²) in [6.07, 6.45) is 2.36. The standard InChI is InChI=1S/C27H29ClN2O4S/c1-4-27(5-2)18-24(23-8-6-7-9-25(23)34-27)29-26(31)19-10-14-21(15-11-19)30(3)35(32,33)22-16-12-20(28)13-17-22/h6-17,24H,4-5,18H2,1-3H3,(H,29,31)/t24-/m0/s1. The van der Waals surface area contributed by atoms with Crippen molar-refractivity contribution in [1.82, 2.24) is 5.32 Å². The molecule has 1 atom stereocenters. The molecule has 0 aliphatic carbocycles. The molecule has 1 N–H and O–H groups in total. The van der Waals surface area contributed by atoms with Gasteiger partial charge >= 0.3 is 0 Å². The van der Waals surface area contributed by atoms with Crippen molar-refractivity contribution >= 4 is 33.2 Å². The molecular formula is C27H29ClN2O4S. The van der Waals surface area contributed by atoms with E-state index < -0.39 is 10.0 Å². The average Bonchev–Trinajstić information content (AvgIpc) is 2.88. The number of nitrogens with zero attached hydrogens (tertiary/aromatic N) is 1. The van der Waals surface area contributed by atoms with Gasteiger partial charge in [-0.3, -0.25) is 9.10 Å². The molecule has 0 saturated heterocycles. The first-order valence-electron chi connectivity index (χ1n) is 11.6. The maximum atomic E-state index is 13.1. The van der Waals surface area contributed by atoms with Crippen molar-refractivity contribution in [2.45, 2.75) is 49.6 Å². The molecule has 1 amide bonds. The number of benzene rings is 3. The lowest BCUT2D eigenvalue weighted by molar-refractivity contribution is 0.0227. The van der Waals surface area contributed by atoms with Crippen LogP contribution in [-0.2, 0) is 10.0 Å². The van der Waals surface area contributed by atoms with Gasteiger partial charge in [0.25, 0.3) is 15.9 Å². The number of halogens is 1. The highest BCUT2D eigenvalue weighted by atomic mass is 35.5. The van der Waals surface area contributed by atoms with Crippen molar-refractivity contribution in [3.63, 3.8) is 0 Å². The third kappa shape index (κ3) is 5.02. The maximum Gasteiger partial charge on any atom is 0.264 e. The van der Waals surface area contributed by atoms with Crippen LogP contribution in [0.25, 0.3) is 0 Å². The van der Waals surface area contributed by atoms with Gasteiger partial charge in [-0.25, -0.2) is 8.42 Å². The molecule has 6 nitrogen and oxygen atoms in total. The molecule has 0 aromatic heterocycles. The number of amides is 1. The molecule has 8 heteroatoms. The molecule has 0 saturated carbocycles. The van der Waals surface area contributed by atoms with Gasteiger partial charge in [0, 0.05) is 29.6 Å². The Morgan fingerprint density at radius 2 is 1.66 bits per heavy atom. The predicted molar refractivity (Wildman–Crippen MR) is 139 cm³/mol. The second kappa shape index (κ2) is 9.91. The Morgan fingerprint density at radius 1 is 1.03 bits per heavy atom. The van der Waals surface area contributed by atoms with Crippen molar-refractivity contribution in [2.75, 3.05) is 11.4 Å². The van der Waals surface area contributed by atoms with E-state index in [0.29, 0.717) is 22.7 Å². The van der Waals surface area contributed by atoms with E-state index in [-0.39, 0.29) is 22.4 Å². The Morgan fingerprint density at radius 3 is 2.29 bits per heavy atom. The number of para-hydroxylation sites is 1. The minimum atomic E-state index is -3.76. The monoisotopic (exact) mass is 512 g/mol. The van der Waals surface area contributed by atoms with Crippen molar-refractivity contribution in [1.29, 1.82) is 0 Å². The summed E-state index contributed by atoms with van der Waals surface area (Å²) in [7, 11) is -2.28. The van der Waals surface area contributed by atoms with Crippen LogP contribution < -0.4 is 14.4 Å². The van der Waals surface area contributed by atoms with Gasteiger partial charge in [-0.2, -0.15) is 0 Å². The van der Waals surface area contributed by atoms with Crippen LogP contribution in [0.2, 0.25) is 5.02 Å². The van der Waals surface area contributed by atoms with E-state index >= 15 is 0 Å². The van der Waals surface area contributed by atoms with Gasteiger partial charge in [0.15, 0.2) is 0 Å². The molecule has 0 fully saturated rings. The molecule has 1 heterocycles. The van der Waals surface area contributed by atoms with Crippen molar-refractivity contribution in [2.24, 2.45) is 0 Å². The third-order valence-corrected chi connectivity index (χ3v) is 8.81. The molecular weight excluding hydrogens is 484 g/mol. The number of anilines is 1. The zero-order valence-corrected chi connectivity index (χ0v) is 21.6. The van der Waals surface area contributed by atoms with E-state index in [1.165, 1.54) is 35.6 Å². The Bertz CT molecular complexity index is 1300. The van der Waals surface area contributed by atoms with Gasteiger partial charge < -0.3 is 10.1 Å². The minimum absolute atomic E-state index is 0.139. The maximum absolute atomic E-state index is 13.1. The van der Waals surface area contributed by atoms with Crippen LogP contribution in [0.3, 0.4) is 0 Å². The molecule has 0 radical (unpaired) electrons. The summed E-state index contributed by atoms with van der Waals surface area (Å²) in [6.45, 7) is 4.20. The summed E-state index contributed by atoms with van der Waals surface area (Å²) in [5, 5.41) is 3.62. The zero-order valence-electron chi connectivity index (χ0n) is 20.0. The van der Waals surface area contributed by atoms with Crippen LogP contribution in [0.15, 0.2) is 77.7 Å². The molecule has 0 bridgehead atoms. The summed E-state index contributed by atoms with van der Waals surface area (Å²) in [5.41, 5.74) is 1.54. The first-order valence-corrected chi connectivity index (χ1v) is 13.4. The van der Waals surface area contributed by atoms with Gasteiger partial charge in [-0.05, 0) is 67.4 Å². The lowest BCUT2D eigenvalue weighted by Crippen LogP contribution is -2.44. The van der Waals surface area contributed by atoms with Crippen LogP contribution in [-0.4, -0.2) is 27.0 Å². The lowest BCUT2D eigenvalue weighted by Gasteiger charge is -2.41. The Balaban J connectivity index is 1.53. The summed E-state index contributed by atoms with van der Waals surface area (Å²) in [4.78, 5) is 13.3. The Hall–Kier alpha value is -3.03. The largest absolute Gasteiger partial charge is 0.487 e. The van der Waals surface area contributed by atoms with Gasteiger partial charge in [0.05, 0.1) is 16.6 Å². The second-order valence-corrected chi connectivity index (χ2v) is 11.1. The van der Waals surface area contributed by atoms with E-state index in [4.69, 9.17) is 16.3 Å². The van der Waals surface area contributed by atoms with E-state index in [2.05, 4.69) is 19.2 Å². The number of carbonyl (C=O) groups excluding carboxylic acids is 1. The number of hydrogen-bond donors (Lipinski definition) is 1. The molecule has 0 unspecified atom stereocenters. The van der Waals surface area contributed by atoms with E-state index in [1.807, 2.05) is 24.3 Å². The Kier molecular flexibility index (Phi) is 7.10. The molecule has 184 valence electrons. The van der Waals surface area contributed by atoms with E-state index in [9.17, 15) is 13.2 Å². The average molecular weight is 513 g/mol. The molecule has 4 rings (SSSR count). The number of fused-ring (bicyclic) bond motifs is 1. The van der Waals surface area contributed by atoms with Crippen molar-refractivity contribution in [3.8, 4) is 5.75 Å². The first-order chi connectivity index (χ1) is 16.7. The molecule has 1 aliphatic rings. The van der Waals surface area contributed by atoms with E-state index in [0.717, 1.165) is 24.2 Å². The molecule has 3 aromatic carbocycles. The van der Waals surface area contributed by atoms with Crippen LogP contribution in [0.5, 0.6) is 5.75 Å². The van der Waals surface area contributed by atoms with Gasteiger partial charge in [0.1, 0.15) is 11.4 Å². The van der Waals surface area contributed by atoms with Crippen molar-refractivity contribution in [3.05, 3.63) is 88.9 Å². The molecule has 35 heavy (non-hydrogen) atoms. The van der Waals surface area contributed by atoms with Gasteiger partial charge in [0.2, 0.25) is 0 Å². The fourth-order valence-corrected chi connectivity index (χ4v) is 5.72. The summed E-state index contributed by atoms with van der Waals surface area (Å²) in [5.74, 6) is 0.583. The topological polar surface area (TPSA) is 75.7 Å². The van der Waals surface area contributed by atoms with Gasteiger partial charge in [-0.1, -0.05) is 43.6 Å². The number of ether oxygens (including phenoxy) is 1. The predicted octanol–water partition coefficient (Wildman–Crippen LogP) is 5.98. The smallest absolute Gasteiger partial charge is 0.264 e. The van der Waals surface area contributed by atoms with Crippen LogP contribution >= 0.6 is 11.6 Å². The second-order valence-electron chi connectivity index (χ2n) is 8.73. The highest BCUT2D eigenvalue weighted by Gasteiger charge is 2.39. The summed E-state index contributed by atoms with van der Waals surface area (Å²) < 4.78 is 33.4. The van der Waals surface area contributed by atoms with Crippen LogP contribution in [0, 0.1) is 0 Å². The first kappa shape index (κ1) is 25.1. The zero-order chi connectivity index (χ0) is 25.2. The SMILES string of the molecule is CCC1(CC)C[C@H](NC(=O)c2ccc(N(C)S(=O)(=O)c3ccc(Cl)cc3)cc2)c2ccccc2O1. The van der Waals surface area contributed by atoms with Crippen LogP contribution in [0.4, 0.5) is 5.69 Å². The number of nitrogens with one attached hydrogen (secondary N) is 1. The van der Waals surface area contributed by atoms with Gasteiger partial charge in [-0.15, -0.1) is 0 Å². The van der Waals surface area contributed by atoms with Crippen LogP contribution in [0.1, 0.15) is 55.1 Å². The summed E-state index contributed by atoms with van der Waals surface area (Å²) in [6, 6.07) is 20.2. The number of carbonyl (C=O) groups is 1. The number of rotatable bonds is 7. The fraction of sp³-hybridized carbons (Fsp3) is 0.296. The normalized spacial score (nSPS) is 16.6. The highest BCUT2D eigenvalue weighted by molar-refractivity contribution is 7.92. The number of sulfonamides is 1. The van der Waals surface area contributed by atoms with Crippen molar-refractivity contribution < 1.29 is 17.9 Å². The number of hydrogen-bond acceptors (Lipinski definition) is 4. The molecule has 0 spiro atoms.